The van der Waals surface area contributed by atoms with E-state index in [4.69, 9.17) is 11.6 Å². The van der Waals surface area contributed by atoms with Crippen LogP contribution in [0.25, 0.3) is 0 Å². The number of hydrogen-bond donors (Lipinski definition) is 1. The zero-order chi connectivity index (χ0) is 10.7. The first-order chi connectivity index (χ1) is 7.25. The maximum absolute atomic E-state index is 6.07. The summed E-state index contributed by atoms with van der Waals surface area (Å²) in [6.45, 7) is 2.26. The summed E-state index contributed by atoms with van der Waals surface area (Å²) in [6.07, 6.45) is 5.27. The van der Waals surface area contributed by atoms with Crippen LogP contribution in [0.2, 0.25) is 5.15 Å². The second kappa shape index (κ2) is 5.28. The van der Waals surface area contributed by atoms with Gasteiger partial charge in [-0.3, -0.25) is 0 Å². The van der Waals surface area contributed by atoms with Crippen molar-refractivity contribution in [3.63, 3.8) is 0 Å². The monoisotopic (exact) mass is 288 g/mol. The average molecular weight is 290 g/mol. The van der Waals surface area contributed by atoms with E-state index in [9.17, 15) is 0 Å². The Morgan fingerprint density at radius 3 is 2.93 bits per heavy atom. The number of pyridine rings is 1. The summed E-state index contributed by atoms with van der Waals surface area (Å²) < 4.78 is 1.01. The Morgan fingerprint density at radius 1 is 1.47 bits per heavy atom. The molecule has 4 heteroatoms. The summed E-state index contributed by atoms with van der Waals surface area (Å²) in [5.74, 6) is 0.750. The lowest BCUT2D eigenvalue weighted by atomic mass is 9.92. The maximum atomic E-state index is 6.07. The lowest BCUT2D eigenvalue weighted by Gasteiger charge is -2.22. The fourth-order valence-corrected chi connectivity index (χ4v) is 2.56. The van der Waals surface area contributed by atoms with Crippen LogP contribution in [-0.4, -0.2) is 18.1 Å². The van der Waals surface area contributed by atoms with Crippen LogP contribution >= 0.6 is 27.5 Å². The van der Waals surface area contributed by atoms with Crippen LogP contribution in [0, 0.1) is 5.92 Å². The third kappa shape index (κ3) is 3.16. The Bertz CT molecular complexity index is 337. The first-order valence-electron chi connectivity index (χ1n) is 5.26. The van der Waals surface area contributed by atoms with Gasteiger partial charge in [-0.2, -0.15) is 0 Å². The minimum absolute atomic E-state index is 0.650. The molecule has 1 N–H and O–H groups in total. The van der Waals surface area contributed by atoms with Gasteiger partial charge >= 0.3 is 0 Å². The fourth-order valence-electron chi connectivity index (χ4n) is 2.00. The van der Waals surface area contributed by atoms with Gasteiger partial charge in [0.15, 0.2) is 0 Å². The van der Waals surface area contributed by atoms with Gasteiger partial charge in [-0.1, -0.05) is 11.6 Å². The van der Waals surface area contributed by atoms with Crippen LogP contribution in [0.5, 0.6) is 0 Å². The number of nitrogens with one attached hydrogen (secondary N) is 1. The largest absolute Gasteiger partial charge is 0.317 e. The van der Waals surface area contributed by atoms with Gasteiger partial charge in [0.25, 0.3) is 0 Å². The highest BCUT2D eigenvalue weighted by Crippen LogP contribution is 2.24. The number of nitrogens with zero attached hydrogens (tertiary/aromatic N) is 1. The number of piperidine rings is 1. The number of halogens is 2. The van der Waals surface area contributed by atoms with Crippen molar-refractivity contribution in [1.29, 1.82) is 0 Å². The van der Waals surface area contributed by atoms with Crippen LogP contribution < -0.4 is 5.32 Å². The van der Waals surface area contributed by atoms with Gasteiger partial charge in [-0.05, 0) is 65.8 Å². The van der Waals surface area contributed by atoms with Gasteiger partial charge in [-0.15, -0.1) is 0 Å². The van der Waals surface area contributed by atoms with E-state index < -0.39 is 0 Å². The second-order valence-corrected chi connectivity index (χ2v) is 5.27. The van der Waals surface area contributed by atoms with Crippen molar-refractivity contribution < 1.29 is 0 Å². The van der Waals surface area contributed by atoms with E-state index in [1.165, 1.54) is 12.8 Å². The Morgan fingerprint density at radius 2 is 2.20 bits per heavy atom. The Kier molecular flexibility index (Phi) is 4.00. The normalized spacial score (nSPS) is 18.0. The van der Waals surface area contributed by atoms with Crippen LogP contribution in [0.1, 0.15) is 18.4 Å². The van der Waals surface area contributed by atoms with Crippen molar-refractivity contribution in [2.24, 2.45) is 5.92 Å². The Labute approximate surface area is 104 Å². The van der Waals surface area contributed by atoms with Crippen molar-refractivity contribution in [3.05, 3.63) is 27.5 Å². The van der Waals surface area contributed by atoms with Crippen LogP contribution in [-0.2, 0) is 6.42 Å². The Balaban J connectivity index is 2.05. The zero-order valence-electron chi connectivity index (χ0n) is 8.47. The summed E-state index contributed by atoms with van der Waals surface area (Å²) in [7, 11) is 0. The molecule has 1 aromatic heterocycles. The van der Waals surface area contributed by atoms with E-state index in [1.54, 1.807) is 6.20 Å². The minimum Gasteiger partial charge on any atom is -0.317 e. The molecule has 0 atom stereocenters. The highest BCUT2D eigenvalue weighted by atomic mass is 79.9. The Hall–Kier alpha value is -0.120. The molecule has 1 aliphatic heterocycles. The predicted molar refractivity (Wildman–Crippen MR) is 66.2 cm³/mol. The summed E-state index contributed by atoms with van der Waals surface area (Å²) in [5.41, 5.74) is 1.16. The number of hydrogen-bond acceptors (Lipinski definition) is 2. The first kappa shape index (κ1) is 11.4. The second-order valence-electron chi connectivity index (χ2n) is 4.00. The molecule has 0 amide bonds. The molecule has 0 aliphatic carbocycles. The molecule has 1 fully saturated rings. The van der Waals surface area contributed by atoms with Crippen LogP contribution in [0.3, 0.4) is 0 Å². The molecule has 0 bridgehead atoms. The maximum Gasteiger partial charge on any atom is 0.132 e. The molecule has 0 saturated carbocycles. The zero-order valence-corrected chi connectivity index (χ0v) is 10.8. The van der Waals surface area contributed by atoms with E-state index in [0.717, 1.165) is 35.5 Å². The molecule has 0 spiro atoms. The molecule has 2 rings (SSSR count). The number of rotatable bonds is 2. The molecule has 0 aromatic carbocycles. The molecular weight excluding hydrogens is 275 g/mol. The van der Waals surface area contributed by atoms with E-state index in [0.29, 0.717) is 5.15 Å². The highest BCUT2D eigenvalue weighted by Gasteiger charge is 2.15. The predicted octanol–water partition coefficient (Wildman–Crippen LogP) is 3.04. The lowest BCUT2D eigenvalue weighted by molar-refractivity contribution is 0.372. The highest BCUT2D eigenvalue weighted by molar-refractivity contribution is 9.10. The first-order valence-corrected chi connectivity index (χ1v) is 6.43. The molecule has 1 aliphatic rings. The molecule has 15 heavy (non-hydrogen) atoms. The molecule has 2 nitrogen and oxygen atoms in total. The van der Waals surface area contributed by atoms with E-state index >= 15 is 0 Å². The summed E-state index contributed by atoms with van der Waals surface area (Å²) in [6, 6.07) is 2.08. The van der Waals surface area contributed by atoms with Crippen molar-refractivity contribution in [1.82, 2.24) is 10.3 Å². The van der Waals surface area contributed by atoms with Gasteiger partial charge in [0.2, 0.25) is 0 Å². The van der Waals surface area contributed by atoms with Gasteiger partial charge < -0.3 is 5.32 Å². The van der Waals surface area contributed by atoms with Crippen molar-refractivity contribution in [2.75, 3.05) is 13.1 Å². The van der Waals surface area contributed by atoms with Gasteiger partial charge in [0.1, 0.15) is 5.15 Å². The van der Waals surface area contributed by atoms with Gasteiger partial charge in [-0.25, -0.2) is 4.98 Å². The van der Waals surface area contributed by atoms with Crippen LogP contribution in [0.4, 0.5) is 0 Å². The SMILES string of the molecule is Clc1ncc(Br)cc1CC1CCNCC1. The van der Waals surface area contributed by atoms with Crippen LogP contribution in [0.15, 0.2) is 16.7 Å². The fraction of sp³-hybridized carbons (Fsp3) is 0.545. The van der Waals surface area contributed by atoms with E-state index in [1.807, 2.05) is 0 Å². The quantitative estimate of drug-likeness (QED) is 0.847. The summed E-state index contributed by atoms with van der Waals surface area (Å²) in [4.78, 5) is 4.15. The van der Waals surface area contributed by atoms with Gasteiger partial charge in [0, 0.05) is 10.7 Å². The van der Waals surface area contributed by atoms with Crippen molar-refractivity contribution in [2.45, 2.75) is 19.3 Å². The molecule has 82 valence electrons. The average Bonchev–Trinajstić information content (AvgIpc) is 2.25. The van der Waals surface area contributed by atoms with Crippen molar-refractivity contribution >= 4 is 27.5 Å². The topological polar surface area (TPSA) is 24.9 Å². The van der Waals surface area contributed by atoms with E-state index in [2.05, 4.69) is 32.3 Å². The summed E-state index contributed by atoms with van der Waals surface area (Å²) in [5, 5.41) is 4.02. The lowest BCUT2D eigenvalue weighted by Crippen LogP contribution is -2.28. The van der Waals surface area contributed by atoms with Gasteiger partial charge in [0.05, 0.1) is 0 Å². The standard InChI is InChI=1S/C11H14BrClN2/c12-10-6-9(11(13)15-7-10)5-8-1-3-14-4-2-8/h6-8,14H,1-5H2. The van der Waals surface area contributed by atoms with E-state index in [-0.39, 0.29) is 0 Å². The third-order valence-electron chi connectivity index (χ3n) is 2.85. The summed E-state index contributed by atoms with van der Waals surface area (Å²) >= 11 is 9.50. The molecule has 1 aromatic rings. The minimum atomic E-state index is 0.650. The molecule has 0 unspecified atom stereocenters. The smallest absolute Gasteiger partial charge is 0.132 e. The molecule has 1 saturated heterocycles. The molecule has 0 radical (unpaired) electrons. The molecular formula is C11H14BrClN2. The van der Waals surface area contributed by atoms with Crippen molar-refractivity contribution in [3.8, 4) is 0 Å². The number of aromatic nitrogens is 1. The third-order valence-corrected chi connectivity index (χ3v) is 3.62. The molecule has 2 heterocycles.